The van der Waals surface area contributed by atoms with Gasteiger partial charge >= 0.3 is 0 Å². The number of nitrogens with one attached hydrogen (secondary N) is 3. The maximum absolute atomic E-state index is 11.9. The molecule has 0 bridgehead atoms. The average molecular weight is 268 g/mol. The second-order valence-electron chi connectivity index (χ2n) is 5.43. The average Bonchev–Trinajstić information content (AvgIpc) is 2.46. The molecule has 2 amide bonds. The first kappa shape index (κ1) is 14.3. The van der Waals surface area contributed by atoms with Crippen LogP contribution in [0.3, 0.4) is 0 Å². The summed E-state index contributed by atoms with van der Waals surface area (Å²) >= 11 is 0. The molecule has 0 aliphatic carbocycles. The molecule has 108 valence electrons. The number of nitrogens with zero attached hydrogens (tertiary/aromatic N) is 1. The van der Waals surface area contributed by atoms with Crippen molar-refractivity contribution in [2.45, 2.75) is 38.3 Å². The summed E-state index contributed by atoms with van der Waals surface area (Å²) in [5.41, 5.74) is 0. The number of carbonyl (C=O) groups excluding carboxylic acids is 2. The maximum atomic E-state index is 11.9. The summed E-state index contributed by atoms with van der Waals surface area (Å²) in [7, 11) is 0. The molecule has 3 N–H and O–H groups in total. The lowest BCUT2D eigenvalue weighted by Crippen LogP contribution is -2.59. The van der Waals surface area contributed by atoms with Gasteiger partial charge in [0.2, 0.25) is 11.8 Å². The number of piperazine rings is 1. The lowest BCUT2D eigenvalue weighted by Gasteiger charge is -2.33. The molecular weight excluding hydrogens is 244 g/mol. The SMILES string of the molecule is CC(CNC(=O)C1CNC(=O)CN1)N1CCCCC1. The van der Waals surface area contributed by atoms with E-state index in [0.717, 1.165) is 13.1 Å². The topological polar surface area (TPSA) is 73.5 Å². The van der Waals surface area contributed by atoms with Crippen LogP contribution in [-0.4, -0.2) is 61.5 Å². The molecule has 0 saturated carbocycles. The van der Waals surface area contributed by atoms with Gasteiger partial charge in [-0.2, -0.15) is 0 Å². The van der Waals surface area contributed by atoms with Gasteiger partial charge in [0.25, 0.3) is 0 Å². The van der Waals surface area contributed by atoms with E-state index in [1.165, 1.54) is 19.3 Å². The van der Waals surface area contributed by atoms with Crippen molar-refractivity contribution in [3.8, 4) is 0 Å². The van der Waals surface area contributed by atoms with Crippen molar-refractivity contribution in [2.24, 2.45) is 0 Å². The van der Waals surface area contributed by atoms with Gasteiger partial charge in [0.15, 0.2) is 0 Å². The molecule has 2 aliphatic rings. The van der Waals surface area contributed by atoms with Gasteiger partial charge in [0, 0.05) is 19.1 Å². The van der Waals surface area contributed by atoms with E-state index in [1.54, 1.807) is 0 Å². The van der Waals surface area contributed by atoms with Crippen LogP contribution >= 0.6 is 0 Å². The first-order chi connectivity index (χ1) is 9.16. The number of amides is 2. The summed E-state index contributed by atoms with van der Waals surface area (Å²) in [6.45, 7) is 5.69. The van der Waals surface area contributed by atoms with E-state index in [0.29, 0.717) is 19.1 Å². The van der Waals surface area contributed by atoms with Crippen molar-refractivity contribution in [3.63, 3.8) is 0 Å². The van der Waals surface area contributed by atoms with Crippen LogP contribution in [0.1, 0.15) is 26.2 Å². The Morgan fingerprint density at radius 2 is 2.16 bits per heavy atom. The Labute approximate surface area is 114 Å². The minimum absolute atomic E-state index is 0.0242. The fourth-order valence-corrected chi connectivity index (χ4v) is 2.61. The molecule has 0 aromatic heterocycles. The number of carbonyl (C=O) groups is 2. The van der Waals surface area contributed by atoms with Gasteiger partial charge in [0.05, 0.1) is 6.54 Å². The van der Waals surface area contributed by atoms with Crippen LogP contribution in [0, 0.1) is 0 Å². The number of piperidine rings is 1. The van der Waals surface area contributed by atoms with E-state index >= 15 is 0 Å². The Morgan fingerprint density at radius 3 is 2.79 bits per heavy atom. The van der Waals surface area contributed by atoms with Crippen molar-refractivity contribution < 1.29 is 9.59 Å². The summed E-state index contributed by atoms with van der Waals surface area (Å²) in [6.07, 6.45) is 3.84. The standard InChI is InChI=1S/C13H24N4O2/c1-10(17-5-3-2-4-6-17)7-16-13(19)11-8-15-12(18)9-14-11/h10-11,14H,2-9H2,1H3,(H,15,18)(H,16,19). The van der Waals surface area contributed by atoms with Crippen molar-refractivity contribution >= 4 is 11.8 Å². The smallest absolute Gasteiger partial charge is 0.239 e. The van der Waals surface area contributed by atoms with Crippen LogP contribution in [0.25, 0.3) is 0 Å². The largest absolute Gasteiger partial charge is 0.353 e. The van der Waals surface area contributed by atoms with Crippen LogP contribution < -0.4 is 16.0 Å². The lowest BCUT2D eigenvalue weighted by molar-refractivity contribution is -0.126. The zero-order valence-corrected chi connectivity index (χ0v) is 11.6. The number of rotatable bonds is 4. The van der Waals surface area contributed by atoms with Gasteiger partial charge in [-0.25, -0.2) is 0 Å². The molecule has 2 unspecified atom stereocenters. The highest BCUT2D eigenvalue weighted by Gasteiger charge is 2.24. The molecule has 2 rings (SSSR count). The third kappa shape index (κ3) is 4.18. The van der Waals surface area contributed by atoms with E-state index in [-0.39, 0.29) is 24.4 Å². The van der Waals surface area contributed by atoms with Crippen LogP contribution in [-0.2, 0) is 9.59 Å². The van der Waals surface area contributed by atoms with Crippen LogP contribution in [0.5, 0.6) is 0 Å². The van der Waals surface area contributed by atoms with Crippen molar-refractivity contribution in [2.75, 3.05) is 32.7 Å². The van der Waals surface area contributed by atoms with Gasteiger partial charge in [-0.3, -0.25) is 19.8 Å². The molecular formula is C13H24N4O2. The highest BCUT2D eigenvalue weighted by molar-refractivity contribution is 5.86. The van der Waals surface area contributed by atoms with Gasteiger partial charge in [-0.05, 0) is 32.9 Å². The molecule has 6 nitrogen and oxygen atoms in total. The fraction of sp³-hybridized carbons (Fsp3) is 0.846. The molecule has 2 fully saturated rings. The Hall–Kier alpha value is -1.14. The van der Waals surface area contributed by atoms with Gasteiger partial charge in [-0.1, -0.05) is 6.42 Å². The predicted molar refractivity (Wildman–Crippen MR) is 72.7 cm³/mol. The van der Waals surface area contributed by atoms with E-state index < -0.39 is 0 Å². The van der Waals surface area contributed by atoms with Crippen molar-refractivity contribution in [1.29, 1.82) is 0 Å². The normalized spacial score (nSPS) is 26.6. The highest BCUT2D eigenvalue weighted by Crippen LogP contribution is 2.11. The Bertz CT molecular complexity index is 319. The van der Waals surface area contributed by atoms with E-state index in [9.17, 15) is 9.59 Å². The monoisotopic (exact) mass is 268 g/mol. The van der Waals surface area contributed by atoms with Crippen LogP contribution in [0.4, 0.5) is 0 Å². The minimum Gasteiger partial charge on any atom is -0.353 e. The van der Waals surface area contributed by atoms with E-state index in [1.807, 2.05) is 0 Å². The molecule has 0 aromatic carbocycles. The maximum Gasteiger partial charge on any atom is 0.239 e. The first-order valence-corrected chi connectivity index (χ1v) is 7.18. The van der Waals surface area contributed by atoms with Crippen molar-refractivity contribution in [1.82, 2.24) is 20.9 Å². The third-order valence-electron chi connectivity index (χ3n) is 3.91. The van der Waals surface area contributed by atoms with Gasteiger partial charge < -0.3 is 10.6 Å². The summed E-state index contributed by atoms with van der Waals surface area (Å²) in [5.74, 6) is -0.0744. The summed E-state index contributed by atoms with van der Waals surface area (Å²) in [5, 5.41) is 8.60. The predicted octanol–water partition coefficient (Wildman–Crippen LogP) is -0.935. The highest BCUT2D eigenvalue weighted by atomic mass is 16.2. The van der Waals surface area contributed by atoms with E-state index in [2.05, 4.69) is 27.8 Å². The Morgan fingerprint density at radius 1 is 1.42 bits per heavy atom. The van der Waals surface area contributed by atoms with Gasteiger partial charge in [0.1, 0.15) is 6.04 Å². The zero-order valence-electron chi connectivity index (χ0n) is 11.6. The summed E-state index contributed by atoms with van der Waals surface area (Å²) in [4.78, 5) is 25.4. The summed E-state index contributed by atoms with van der Waals surface area (Å²) in [6, 6.07) is 0.0775. The fourth-order valence-electron chi connectivity index (χ4n) is 2.61. The molecule has 0 aromatic rings. The Balaban J connectivity index is 1.69. The van der Waals surface area contributed by atoms with Gasteiger partial charge in [-0.15, -0.1) is 0 Å². The van der Waals surface area contributed by atoms with Crippen LogP contribution in [0.15, 0.2) is 0 Å². The third-order valence-corrected chi connectivity index (χ3v) is 3.91. The molecule has 2 heterocycles. The molecule has 0 spiro atoms. The number of hydrogen-bond acceptors (Lipinski definition) is 4. The second-order valence-corrected chi connectivity index (χ2v) is 5.43. The number of hydrogen-bond donors (Lipinski definition) is 3. The van der Waals surface area contributed by atoms with E-state index in [4.69, 9.17) is 0 Å². The lowest BCUT2D eigenvalue weighted by atomic mass is 10.1. The molecule has 2 atom stereocenters. The molecule has 19 heavy (non-hydrogen) atoms. The molecule has 2 saturated heterocycles. The number of likely N-dealkylation sites (tertiary alicyclic amines) is 1. The van der Waals surface area contributed by atoms with Crippen molar-refractivity contribution in [3.05, 3.63) is 0 Å². The molecule has 6 heteroatoms. The molecule has 0 radical (unpaired) electrons. The van der Waals surface area contributed by atoms with Crippen LogP contribution in [0.2, 0.25) is 0 Å². The second kappa shape index (κ2) is 6.86. The first-order valence-electron chi connectivity index (χ1n) is 7.18. The zero-order chi connectivity index (χ0) is 13.7. The minimum atomic E-state index is -0.300. The Kier molecular flexibility index (Phi) is 5.15. The summed E-state index contributed by atoms with van der Waals surface area (Å²) < 4.78 is 0. The quantitative estimate of drug-likeness (QED) is 0.615. The molecule has 2 aliphatic heterocycles.